The van der Waals surface area contributed by atoms with Gasteiger partial charge in [0.15, 0.2) is 5.16 Å². The number of anilines is 1. The summed E-state index contributed by atoms with van der Waals surface area (Å²) < 4.78 is 1.68. The van der Waals surface area contributed by atoms with Crippen molar-refractivity contribution in [2.45, 2.75) is 35.2 Å². The van der Waals surface area contributed by atoms with Crippen LogP contribution in [0.3, 0.4) is 0 Å². The number of hydrogen-bond donors (Lipinski definition) is 1. The van der Waals surface area contributed by atoms with Crippen LogP contribution < -0.4 is 10.9 Å². The highest BCUT2D eigenvalue weighted by Crippen LogP contribution is 2.34. The monoisotopic (exact) mass is 457 g/mol. The maximum absolute atomic E-state index is 13.2. The molecule has 0 spiro atoms. The third-order valence-corrected chi connectivity index (χ3v) is 7.01. The molecule has 2 aromatic carbocycles. The van der Waals surface area contributed by atoms with Gasteiger partial charge in [0.25, 0.3) is 5.56 Å². The van der Waals surface area contributed by atoms with Gasteiger partial charge >= 0.3 is 0 Å². The summed E-state index contributed by atoms with van der Waals surface area (Å²) in [5.74, 6) is -0.0269. The van der Waals surface area contributed by atoms with E-state index >= 15 is 0 Å². The molecule has 0 fully saturated rings. The number of thioether (sulfide) groups is 2. The van der Waals surface area contributed by atoms with Crippen molar-refractivity contribution in [2.75, 3.05) is 11.1 Å². The summed E-state index contributed by atoms with van der Waals surface area (Å²) in [5.41, 5.74) is 2.46. The maximum Gasteiger partial charge on any atom is 0.268 e. The number of benzene rings is 2. The Labute approximate surface area is 188 Å². The third kappa shape index (κ3) is 4.91. The lowest BCUT2D eigenvalue weighted by Crippen LogP contribution is -2.26. The number of rotatable bonds is 6. The van der Waals surface area contributed by atoms with Gasteiger partial charge in [-0.25, -0.2) is 4.98 Å². The molecule has 1 aromatic heterocycles. The average molecular weight is 458 g/mol. The van der Waals surface area contributed by atoms with Gasteiger partial charge in [-0.1, -0.05) is 66.7 Å². The Hall–Kier alpha value is -2.22. The molecule has 4 rings (SSSR count). The van der Waals surface area contributed by atoms with Crippen LogP contribution in [0.15, 0.2) is 69.4 Å². The molecular weight excluding hydrogens is 438 g/mol. The zero-order valence-electron chi connectivity index (χ0n) is 16.3. The zero-order chi connectivity index (χ0) is 21.1. The van der Waals surface area contributed by atoms with Crippen LogP contribution >= 0.6 is 35.1 Å². The van der Waals surface area contributed by atoms with Crippen LogP contribution in [0.5, 0.6) is 0 Å². The first kappa shape index (κ1) is 21.0. The van der Waals surface area contributed by atoms with Crippen molar-refractivity contribution in [2.24, 2.45) is 0 Å². The Kier molecular flexibility index (Phi) is 6.51. The van der Waals surface area contributed by atoms with Gasteiger partial charge in [-0.3, -0.25) is 14.2 Å². The van der Waals surface area contributed by atoms with Crippen molar-refractivity contribution in [3.05, 3.63) is 81.2 Å². The van der Waals surface area contributed by atoms with E-state index in [1.54, 1.807) is 40.6 Å². The van der Waals surface area contributed by atoms with Gasteiger partial charge in [0.1, 0.15) is 0 Å². The molecule has 2 heterocycles. The number of aromatic nitrogens is 2. The van der Waals surface area contributed by atoms with Crippen LogP contribution in [0.25, 0.3) is 0 Å². The fourth-order valence-corrected chi connectivity index (χ4v) is 5.36. The van der Waals surface area contributed by atoms with E-state index in [1.807, 2.05) is 30.3 Å². The first-order valence-corrected chi connectivity index (χ1v) is 11.8. The topological polar surface area (TPSA) is 64.0 Å². The molecule has 3 aromatic rings. The van der Waals surface area contributed by atoms with Crippen LogP contribution in [0.4, 0.5) is 5.69 Å². The van der Waals surface area contributed by atoms with Crippen molar-refractivity contribution in [3.8, 4) is 0 Å². The fraction of sp³-hybridized carbons (Fsp3) is 0.227. The summed E-state index contributed by atoms with van der Waals surface area (Å²) in [6, 6.07) is 16.8. The molecule has 1 amide bonds. The molecule has 30 heavy (non-hydrogen) atoms. The molecule has 1 aliphatic rings. The molecule has 0 radical (unpaired) electrons. The summed E-state index contributed by atoms with van der Waals surface area (Å²) in [6.45, 7) is 2.52. The molecule has 5 nitrogen and oxygen atoms in total. The lowest BCUT2D eigenvalue weighted by molar-refractivity contribution is -0.113. The van der Waals surface area contributed by atoms with E-state index in [4.69, 9.17) is 16.6 Å². The molecule has 1 unspecified atom stereocenters. The van der Waals surface area contributed by atoms with Crippen molar-refractivity contribution in [3.63, 3.8) is 0 Å². The molecule has 0 aliphatic carbocycles. The molecule has 1 aliphatic heterocycles. The summed E-state index contributed by atoms with van der Waals surface area (Å²) in [4.78, 5) is 31.1. The summed E-state index contributed by atoms with van der Waals surface area (Å²) >= 11 is 8.83. The zero-order valence-corrected chi connectivity index (χ0v) is 18.7. The fourth-order valence-electron chi connectivity index (χ4n) is 3.24. The predicted molar refractivity (Wildman–Crippen MR) is 124 cm³/mol. The minimum atomic E-state index is -0.175. The standard InChI is InChI=1S/C22H20ClN3O2S2/c1-14-10-18-20(30-14)21(28)26(12-15-6-3-2-4-7-15)22(25-18)29-13-19(27)24-17-9-5-8-16(23)11-17/h2-9,11,14H,10,12-13H2,1H3,(H,24,27). The van der Waals surface area contributed by atoms with E-state index in [9.17, 15) is 9.59 Å². The van der Waals surface area contributed by atoms with Crippen LogP contribution in [-0.2, 0) is 17.8 Å². The summed E-state index contributed by atoms with van der Waals surface area (Å²) in [5, 5.41) is 4.29. The minimum Gasteiger partial charge on any atom is -0.325 e. The van der Waals surface area contributed by atoms with E-state index in [0.717, 1.165) is 22.6 Å². The number of hydrogen-bond acceptors (Lipinski definition) is 5. The molecule has 0 saturated carbocycles. The third-order valence-electron chi connectivity index (χ3n) is 4.59. The van der Waals surface area contributed by atoms with Gasteiger partial charge in [-0.2, -0.15) is 0 Å². The number of halogens is 1. The van der Waals surface area contributed by atoms with Crippen molar-refractivity contribution < 1.29 is 4.79 Å². The Bertz CT molecular complexity index is 1130. The quantitative estimate of drug-likeness (QED) is 0.429. The lowest BCUT2D eigenvalue weighted by atomic mass is 10.2. The highest BCUT2D eigenvalue weighted by atomic mass is 35.5. The number of carbonyl (C=O) groups excluding carboxylic acids is 1. The van der Waals surface area contributed by atoms with Gasteiger partial charge in [0, 0.05) is 22.4 Å². The Morgan fingerprint density at radius 2 is 2.07 bits per heavy atom. The van der Waals surface area contributed by atoms with Gasteiger partial charge in [-0.05, 0) is 23.8 Å². The molecule has 0 saturated heterocycles. The molecular formula is C22H20ClN3O2S2. The van der Waals surface area contributed by atoms with Crippen molar-refractivity contribution >= 4 is 46.7 Å². The normalized spacial score (nSPS) is 15.1. The van der Waals surface area contributed by atoms with Gasteiger partial charge in [0.2, 0.25) is 5.91 Å². The van der Waals surface area contributed by atoms with Crippen LogP contribution in [0.1, 0.15) is 18.2 Å². The number of amides is 1. The van der Waals surface area contributed by atoms with E-state index in [2.05, 4.69) is 12.2 Å². The summed E-state index contributed by atoms with van der Waals surface area (Å²) in [7, 11) is 0. The minimum absolute atomic E-state index is 0.0315. The van der Waals surface area contributed by atoms with E-state index < -0.39 is 0 Å². The molecule has 1 N–H and O–H groups in total. The number of fused-ring (bicyclic) bond motifs is 1. The second-order valence-corrected chi connectivity index (χ2v) is 9.85. The van der Waals surface area contributed by atoms with Crippen LogP contribution in [0.2, 0.25) is 5.02 Å². The molecule has 1 atom stereocenters. The second kappa shape index (κ2) is 9.29. The highest BCUT2D eigenvalue weighted by molar-refractivity contribution is 8.00. The predicted octanol–water partition coefficient (Wildman–Crippen LogP) is 4.71. The maximum atomic E-state index is 13.2. The smallest absolute Gasteiger partial charge is 0.268 e. The molecule has 8 heteroatoms. The van der Waals surface area contributed by atoms with Gasteiger partial charge < -0.3 is 5.32 Å². The average Bonchev–Trinajstić information content (AvgIpc) is 3.10. The van der Waals surface area contributed by atoms with Crippen molar-refractivity contribution in [1.82, 2.24) is 9.55 Å². The second-order valence-electron chi connectivity index (χ2n) is 7.03. The largest absolute Gasteiger partial charge is 0.325 e. The number of nitrogens with one attached hydrogen (secondary N) is 1. The van der Waals surface area contributed by atoms with E-state index in [0.29, 0.717) is 27.7 Å². The van der Waals surface area contributed by atoms with Crippen molar-refractivity contribution in [1.29, 1.82) is 0 Å². The van der Waals surface area contributed by atoms with Gasteiger partial charge in [0.05, 0.1) is 22.9 Å². The SMILES string of the molecule is CC1Cc2nc(SCC(=O)Nc3cccc(Cl)c3)n(Cc3ccccc3)c(=O)c2S1. The summed E-state index contributed by atoms with van der Waals surface area (Å²) in [6.07, 6.45) is 0.768. The molecule has 0 bridgehead atoms. The van der Waals surface area contributed by atoms with Crippen LogP contribution in [0, 0.1) is 0 Å². The Balaban J connectivity index is 1.57. The first-order chi connectivity index (χ1) is 14.5. The highest BCUT2D eigenvalue weighted by Gasteiger charge is 2.26. The lowest BCUT2D eigenvalue weighted by Gasteiger charge is -2.14. The number of carbonyl (C=O) groups is 1. The number of nitrogens with zero attached hydrogens (tertiary/aromatic N) is 2. The van der Waals surface area contributed by atoms with E-state index in [-0.39, 0.29) is 17.2 Å². The molecule has 154 valence electrons. The Morgan fingerprint density at radius 1 is 1.27 bits per heavy atom. The van der Waals surface area contributed by atoms with Crippen LogP contribution in [-0.4, -0.2) is 26.5 Å². The Morgan fingerprint density at radius 3 is 2.83 bits per heavy atom. The first-order valence-electron chi connectivity index (χ1n) is 9.52. The van der Waals surface area contributed by atoms with E-state index in [1.165, 1.54) is 11.8 Å². The van der Waals surface area contributed by atoms with Gasteiger partial charge in [-0.15, -0.1) is 11.8 Å².